The lowest BCUT2D eigenvalue weighted by molar-refractivity contribution is -0.149. The van der Waals surface area contributed by atoms with E-state index < -0.39 is 36.0 Å². The summed E-state index contributed by atoms with van der Waals surface area (Å²) in [5.74, 6) is -1.94. The number of thiazole rings is 1. The van der Waals surface area contributed by atoms with Crippen molar-refractivity contribution in [3.63, 3.8) is 0 Å². The van der Waals surface area contributed by atoms with Crippen LogP contribution >= 0.6 is 11.3 Å². The van der Waals surface area contributed by atoms with Gasteiger partial charge in [0.2, 0.25) is 11.8 Å². The summed E-state index contributed by atoms with van der Waals surface area (Å²) in [6.07, 6.45) is 8.18. The summed E-state index contributed by atoms with van der Waals surface area (Å²) in [6, 6.07) is 2.09. The number of aromatic nitrogens is 2. The number of ether oxygens (including phenoxy) is 2. The van der Waals surface area contributed by atoms with Gasteiger partial charge in [0.1, 0.15) is 16.7 Å². The molecule has 6 atom stereocenters. The number of pyridine rings is 1. The molecule has 0 bridgehead atoms. The molecule has 13 nitrogen and oxygen atoms in total. The van der Waals surface area contributed by atoms with Gasteiger partial charge in [-0.15, -0.1) is 11.3 Å². The van der Waals surface area contributed by atoms with Crippen LogP contribution in [0.2, 0.25) is 0 Å². The number of esters is 2. The van der Waals surface area contributed by atoms with E-state index >= 15 is 0 Å². The zero-order chi connectivity index (χ0) is 37.2. The monoisotopic (exact) mass is 726 g/mol. The molecule has 1 aliphatic heterocycles. The highest BCUT2D eigenvalue weighted by molar-refractivity contribution is 7.09. The number of hydrogen-bond acceptors (Lipinski definition) is 11. The zero-order valence-corrected chi connectivity index (χ0v) is 31.7. The third-order valence-corrected chi connectivity index (χ3v) is 10.9. The highest BCUT2D eigenvalue weighted by atomic mass is 32.1. The molecule has 2 N–H and O–H groups in total. The molecule has 280 valence electrons. The van der Waals surface area contributed by atoms with E-state index in [9.17, 15) is 24.0 Å². The van der Waals surface area contributed by atoms with Gasteiger partial charge in [-0.2, -0.15) is 0 Å². The maximum absolute atomic E-state index is 14.1. The molecule has 1 saturated carbocycles. The minimum atomic E-state index is -0.812. The first-order chi connectivity index (χ1) is 24.3. The number of carbonyl (C=O) groups excluding carboxylic acids is 5. The molecule has 2 aromatic heterocycles. The Kier molecular flexibility index (Phi) is 14.5. The van der Waals surface area contributed by atoms with Crippen LogP contribution in [-0.2, 0) is 35.1 Å². The van der Waals surface area contributed by atoms with E-state index in [0.29, 0.717) is 17.8 Å². The van der Waals surface area contributed by atoms with Gasteiger partial charge in [-0.1, -0.05) is 27.2 Å². The lowest BCUT2D eigenvalue weighted by atomic mass is 9.95. The lowest BCUT2D eigenvalue weighted by Crippen LogP contribution is -2.56. The van der Waals surface area contributed by atoms with Crippen LogP contribution in [0.15, 0.2) is 29.9 Å². The maximum Gasteiger partial charge on any atom is 0.308 e. The SMILES string of the molecule is COC(=O)[C@@H](C)C[C@H](Cc1ccncc1)NC(=O)c1csc([C@@H](C[C@H](C(C)C)N(C)C(=O)[C@@H](NC(=O)[C@H]2CCCCN2C)C2CC2)OC(C)=O)n1. The van der Waals surface area contributed by atoms with Crippen molar-refractivity contribution in [1.82, 2.24) is 30.4 Å². The molecule has 2 fully saturated rings. The quantitative estimate of drug-likeness (QED) is 0.229. The molecule has 2 aliphatic rings. The molecular weight excluding hydrogens is 673 g/mol. The second kappa shape index (κ2) is 18.5. The predicted molar refractivity (Wildman–Crippen MR) is 193 cm³/mol. The Morgan fingerprint density at radius 2 is 1.75 bits per heavy atom. The summed E-state index contributed by atoms with van der Waals surface area (Å²) in [5.41, 5.74) is 1.11. The minimum Gasteiger partial charge on any atom is -0.469 e. The fraction of sp³-hybridized carbons (Fsp3) is 0.649. The topological polar surface area (TPSA) is 160 Å². The van der Waals surface area contributed by atoms with Gasteiger partial charge in [0.05, 0.1) is 19.1 Å². The van der Waals surface area contributed by atoms with E-state index in [4.69, 9.17) is 9.47 Å². The van der Waals surface area contributed by atoms with E-state index in [1.54, 1.807) is 36.6 Å². The van der Waals surface area contributed by atoms with E-state index in [-0.39, 0.29) is 53.8 Å². The maximum atomic E-state index is 14.1. The number of carbonyl (C=O) groups is 5. The lowest BCUT2D eigenvalue weighted by Gasteiger charge is -2.37. The normalized spacial score (nSPS) is 19.3. The molecular formula is C37H54N6O7S. The summed E-state index contributed by atoms with van der Waals surface area (Å²) in [5, 5.41) is 8.18. The van der Waals surface area contributed by atoms with Gasteiger partial charge in [-0.05, 0) is 81.6 Å². The zero-order valence-electron chi connectivity index (χ0n) is 30.9. The number of nitrogens with one attached hydrogen (secondary N) is 2. The van der Waals surface area contributed by atoms with Crippen molar-refractivity contribution in [2.45, 2.75) is 109 Å². The summed E-state index contributed by atoms with van der Waals surface area (Å²) in [6.45, 7) is 7.93. The molecule has 0 radical (unpaired) electrons. The molecule has 0 spiro atoms. The van der Waals surface area contributed by atoms with Crippen LogP contribution in [0.25, 0.3) is 0 Å². The summed E-state index contributed by atoms with van der Waals surface area (Å²) in [7, 11) is 5.03. The van der Waals surface area contributed by atoms with Crippen LogP contribution in [-0.4, -0.2) is 101 Å². The average Bonchev–Trinajstić information content (AvgIpc) is 3.82. The molecule has 3 amide bonds. The second-order valence-corrected chi connectivity index (χ2v) is 15.3. The van der Waals surface area contributed by atoms with Crippen molar-refractivity contribution in [1.29, 1.82) is 0 Å². The number of rotatable bonds is 17. The highest BCUT2D eigenvalue weighted by Crippen LogP contribution is 2.36. The standard InChI is InChI=1S/C37H54N6O7S/c1-22(2)30(43(6)36(47)32(26-11-12-26)41-34(46)29-10-8-9-17-42(29)5)20-31(50-24(4)44)35-40-28(21-51-35)33(45)39-27(18-23(3)37(48)49-7)19-25-13-15-38-16-14-25/h13-16,21-23,26-27,29-32H,8-12,17-20H2,1-7H3,(H,39,45)(H,41,46)/t23-,27+,29+,30+,31+,32-/m0/s1. The van der Waals surface area contributed by atoms with Crippen molar-refractivity contribution >= 4 is 41.0 Å². The molecule has 1 aliphatic carbocycles. The summed E-state index contributed by atoms with van der Waals surface area (Å²) in [4.78, 5) is 77.9. The largest absolute Gasteiger partial charge is 0.469 e. The fourth-order valence-electron chi connectivity index (χ4n) is 6.87. The van der Waals surface area contributed by atoms with Crippen molar-refractivity contribution in [3.05, 3.63) is 46.2 Å². The van der Waals surface area contributed by atoms with Gasteiger partial charge < -0.3 is 25.0 Å². The first-order valence-electron chi connectivity index (χ1n) is 18.0. The Labute approximate surface area is 305 Å². The first-order valence-corrected chi connectivity index (χ1v) is 18.8. The average molecular weight is 727 g/mol. The van der Waals surface area contributed by atoms with Crippen molar-refractivity contribution in [3.8, 4) is 0 Å². The van der Waals surface area contributed by atoms with Crippen LogP contribution in [0.4, 0.5) is 0 Å². The number of hydrogen-bond donors (Lipinski definition) is 2. The Bertz CT molecular complexity index is 1500. The van der Waals surface area contributed by atoms with Crippen LogP contribution in [0.5, 0.6) is 0 Å². The molecule has 14 heteroatoms. The number of piperidine rings is 1. The van der Waals surface area contributed by atoms with Gasteiger partial charge in [-0.25, -0.2) is 4.98 Å². The third kappa shape index (κ3) is 11.3. The van der Waals surface area contributed by atoms with Crippen molar-refractivity contribution in [2.75, 3.05) is 27.7 Å². The molecule has 0 aromatic carbocycles. The van der Waals surface area contributed by atoms with Crippen LogP contribution < -0.4 is 10.6 Å². The van der Waals surface area contributed by atoms with E-state index in [1.807, 2.05) is 33.0 Å². The number of nitrogens with zero attached hydrogens (tertiary/aromatic N) is 4. The fourth-order valence-corrected chi connectivity index (χ4v) is 7.71. The van der Waals surface area contributed by atoms with Gasteiger partial charge >= 0.3 is 11.9 Å². The van der Waals surface area contributed by atoms with E-state index in [1.165, 1.54) is 25.4 Å². The predicted octanol–water partition coefficient (Wildman–Crippen LogP) is 3.93. The van der Waals surface area contributed by atoms with E-state index in [0.717, 1.165) is 44.2 Å². The van der Waals surface area contributed by atoms with Crippen LogP contribution in [0.3, 0.4) is 0 Å². The second-order valence-electron chi connectivity index (χ2n) is 14.4. The number of likely N-dealkylation sites (N-methyl/N-ethyl adjacent to an activating group) is 2. The van der Waals surface area contributed by atoms with Crippen molar-refractivity contribution < 1.29 is 33.4 Å². The van der Waals surface area contributed by atoms with Gasteiger partial charge in [0.15, 0.2) is 6.10 Å². The summed E-state index contributed by atoms with van der Waals surface area (Å²) >= 11 is 1.20. The number of methoxy groups -OCH3 is 1. The Morgan fingerprint density at radius 3 is 2.35 bits per heavy atom. The van der Waals surface area contributed by atoms with Gasteiger partial charge in [0, 0.05) is 50.2 Å². The minimum absolute atomic E-state index is 0.0227. The third-order valence-electron chi connectivity index (χ3n) is 9.95. The van der Waals surface area contributed by atoms with Crippen LogP contribution in [0.1, 0.15) is 99.8 Å². The summed E-state index contributed by atoms with van der Waals surface area (Å²) < 4.78 is 10.7. The molecule has 4 rings (SSSR count). The number of amides is 3. The van der Waals surface area contributed by atoms with Gasteiger partial charge in [-0.3, -0.25) is 33.9 Å². The Morgan fingerprint density at radius 1 is 1.04 bits per heavy atom. The van der Waals surface area contributed by atoms with Gasteiger partial charge in [0.25, 0.3) is 5.91 Å². The van der Waals surface area contributed by atoms with E-state index in [2.05, 4.69) is 25.5 Å². The van der Waals surface area contributed by atoms with Crippen LogP contribution in [0, 0.1) is 17.8 Å². The molecule has 3 heterocycles. The first kappa shape index (κ1) is 39.9. The highest BCUT2D eigenvalue weighted by Gasteiger charge is 2.42. The Balaban J connectivity index is 1.49. The molecule has 0 unspecified atom stereocenters. The van der Waals surface area contributed by atoms with Crippen molar-refractivity contribution in [2.24, 2.45) is 17.8 Å². The Hall–Kier alpha value is -3.91. The number of likely N-dealkylation sites (tertiary alicyclic amines) is 1. The molecule has 2 aromatic rings. The molecule has 51 heavy (non-hydrogen) atoms. The molecule has 1 saturated heterocycles. The smallest absolute Gasteiger partial charge is 0.308 e.